The predicted octanol–water partition coefficient (Wildman–Crippen LogP) is -0.298. The Bertz CT molecular complexity index is 293. The Labute approximate surface area is 125 Å². The molecular weight excluding hydrogens is 209 g/mol. The maximum atomic E-state index is 9.48. The average molecular weight is 223 g/mol. The molecule has 0 spiro atoms. The fourth-order valence-electron chi connectivity index (χ4n) is 1.06. The van der Waals surface area contributed by atoms with Gasteiger partial charge in [-0.05, 0) is 24.7 Å². The van der Waals surface area contributed by atoms with Gasteiger partial charge < -0.3 is 20.6 Å². The molecule has 0 saturated heterocycles. The summed E-state index contributed by atoms with van der Waals surface area (Å²) in [5, 5.41) is 30.4. The van der Waals surface area contributed by atoms with Gasteiger partial charge >= 0.3 is 51.4 Å². The van der Waals surface area contributed by atoms with E-state index in [0.717, 1.165) is 0 Å². The number of phenols is 2. The second-order valence-electron chi connectivity index (χ2n) is 2.82. The van der Waals surface area contributed by atoms with E-state index in [2.05, 4.69) is 5.32 Å². The number of benzene rings is 1. The van der Waals surface area contributed by atoms with Crippen LogP contribution in [0.1, 0.15) is 11.7 Å². The van der Waals surface area contributed by atoms with E-state index >= 15 is 0 Å². The molecule has 0 aliphatic carbocycles. The van der Waals surface area contributed by atoms with Crippen LogP contribution >= 0.6 is 0 Å². The summed E-state index contributed by atoms with van der Waals surface area (Å²) in [5.41, 5.74) is 0.574. The van der Waals surface area contributed by atoms with Crippen molar-refractivity contribution < 1.29 is 15.3 Å². The molecule has 74 valence electrons. The van der Waals surface area contributed by atoms with Gasteiger partial charge in [-0.2, -0.15) is 0 Å². The summed E-state index contributed by atoms with van der Waals surface area (Å²) in [6.45, 7) is 0.407. The zero-order valence-electron chi connectivity index (χ0n) is 7.36. The molecule has 0 aliphatic heterocycles. The van der Waals surface area contributed by atoms with Crippen LogP contribution in [0.5, 0.6) is 11.5 Å². The number of hydrogen-bond donors (Lipinski definition) is 4. The number of aromatic hydroxyl groups is 2. The van der Waals surface area contributed by atoms with E-state index in [-0.39, 0.29) is 62.9 Å². The van der Waals surface area contributed by atoms with Gasteiger partial charge in [0.25, 0.3) is 0 Å². The molecule has 0 aliphatic rings. The molecule has 0 amide bonds. The van der Waals surface area contributed by atoms with Crippen LogP contribution < -0.4 is 5.32 Å². The summed E-state index contributed by atoms with van der Waals surface area (Å²) in [6, 6.07) is 4.26. The monoisotopic (exact) mass is 223 g/mol. The maximum absolute atomic E-state index is 9.48. The molecule has 14 heavy (non-hydrogen) atoms. The first-order valence-corrected chi connectivity index (χ1v) is 3.99. The van der Waals surface area contributed by atoms with Gasteiger partial charge in [0.15, 0.2) is 11.5 Å². The molecule has 0 aromatic heterocycles. The van der Waals surface area contributed by atoms with E-state index < -0.39 is 6.10 Å². The Balaban J connectivity index is 0.00000169. The molecule has 4 N–H and O–H groups in total. The Morgan fingerprint density at radius 2 is 1.93 bits per heavy atom. The first kappa shape index (κ1) is 14.4. The summed E-state index contributed by atoms with van der Waals surface area (Å²) >= 11 is 0. The number of aliphatic hydroxyl groups excluding tert-OH is 1. The third-order valence-electron chi connectivity index (χ3n) is 1.78. The van der Waals surface area contributed by atoms with E-state index in [9.17, 15) is 5.11 Å². The van der Waals surface area contributed by atoms with E-state index in [1.54, 1.807) is 13.1 Å². The van der Waals surface area contributed by atoms with Crippen molar-refractivity contribution in [3.63, 3.8) is 0 Å². The molecule has 4 nitrogen and oxygen atoms in total. The molecular formula is C9H14KNO3. The number of rotatable bonds is 3. The zero-order chi connectivity index (χ0) is 9.84. The van der Waals surface area contributed by atoms with Crippen LogP contribution in [0.3, 0.4) is 0 Å². The molecule has 5 heteroatoms. The molecule has 1 aromatic carbocycles. The van der Waals surface area contributed by atoms with E-state index in [1.165, 1.54) is 12.1 Å². The number of aliphatic hydroxyl groups is 1. The third-order valence-corrected chi connectivity index (χ3v) is 1.78. The number of nitrogens with one attached hydrogen (secondary N) is 1. The van der Waals surface area contributed by atoms with Gasteiger partial charge in [0.2, 0.25) is 0 Å². The second kappa shape index (κ2) is 6.79. The molecule has 0 fully saturated rings. The normalized spacial score (nSPS) is 11.9. The van der Waals surface area contributed by atoms with Crippen molar-refractivity contribution in [1.82, 2.24) is 5.32 Å². The van der Waals surface area contributed by atoms with Crippen LogP contribution in [-0.2, 0) is 0 Å². The minimum absolute atomic E-state index is 0. The van der Waals surface area contributed by atoms with Crippen molar-refractivity contribution in [2.24, 2.45) is 0 Å². The topological polar surface area (TPSA) is 72.7 Å². The molecule has 0 heterocycles. The predicted molar refractivity (Wildman–Crippen MR) is 55.8 cm³/mol. The van der Waals surface area contributed by atoms with Crippen molar-refractivity contribution >= 4 is 51.4 Å². The van der Waals surface area contributed by atoms with Gasteiger partial charge in [0, 0.05) is 6.54 Å². The summed E-state index contributed by atoms with van der Waals surface area (Å²) in [7, 11) is 1.73. The van der Waals surface area contributed by atoms with Crippen LogP contribution in [0.4, 0.5) is 0 Å². The summed E-state index contributed by atoms with van der Waals surface area (Å²) in [4.78, 5) is 0. The van der Waals surface area contributed by atoms with Crippen molar-refractivity contribution in [2.45, 2.75) is 6.10 Å². The standard InChI is InChI=1S/C9H13NO3.K.H/c1-10-5-9(13)6-2-3-7(11)8(12)4-6;;/h2-4,9-13H,5H2,1H3;;/t9-;;/m0../s1. The number of phenolic OH excluding ortho intramolecular Hbond substituents is 2. The number of hydrogen-bond acceptors (Lipinski definition) is 4. The van der Waals surface area contributed by atoms with Crippen LogP contribution in [0.25, 0.3) is 0 Å². The average Bonchev–Trinajstić information content (AvgIpc) is 2.10. The van der Waals surface area contributed by atoms with Gasteiger partial charge in [-0.25, -0.2) is 0 Å². The Morgan fingerprint density at radius 3 is 2.43 bits per heavy atom. The molecule has 1 atom stereocenters. The molecule has 0 radical (unpaired) electrons. The van der Waals surface area contributed by atoms with E-state index in [0.29, 0.717) is 12.1 Å². The Hall–Kier alpha value is 0.376. The minimum atomic E-state index is -0.670. The number of likely N-dealkylation sites (N-methyl/N-ethyl adjacent to an activating group) is 1. The molecule has 0 bridgehead atoms. The molecule has 0 unspecified atom stereocenters. The fraction of sp³-hybridized carbons (Fsp3) is 0.333. The zero-order valence-corrected chi connectivity index (χ0v) is 7.36. The fourth-order valence-corrected chi connectivity index (χ4v) is 1.06. The Morgan fingerprint density at radius 1 is 1.29 bits per heavy atom. The molecule has 1 rings (SSSR count). The van der Waals surface area contributed by atoms with Crippen LogP contribution in [0.15, 0.2) is 18.2 Å². The summed E-state index contributed by atoms with van der Waals surface area (Å²) in [6.07, 6.45) is -0.670. The van der Waals surface area contributed by atoms with Crippen molar-refractivity contribution in [1.29, 1.82) is 0 Å². The quantitative estimate of drug-likeness (QED) is 0.419. The van der Waals surface area contributed by atoms with Crippen LogP contribution in [0.2, 0.25) is 0 Å². The first-order chi connectivity index (χ1) is 6.15. The summed E-state index contributed by atoms with van der Waals surface area (Å²) < 4.78 is 0. The Kier molecular flexibility index (Phi) is 6.97. The molecule has 0 saturated carbocycles. The summed E-state index contributed by atoms with van der Waals surface area (Å²) in [5.74, 6) is -0.395. The van der Waals surface area contributed by atoms with Crippen LogP contribution in [-0.4, -0.2) is 80.3 Å². The van der Waals surface area contributed by atoms with Crippen LogP contribution in [0, 0.1) is 0 Å². The van der Waals surface area contributed by atoms with Gasteiger partial charge in [-0.15, -0.1) is 0 Å². The van der Waals surface area contributed by atoms with Crippen molar-refractivity contribution in [3.8, 4) is 11.5 Å². The van der Waals surface area contributed by atoms with E-state index in [4.69, 9.17) is 10.2 Å². The van der Waals surface area contributed by atoms with Gasteiger partial charge in [-0.1, -0.05) is 6.07 Å². The first-order valence-electron chi connectivity index (χ1n) is 3.99. The second-order valence-corrected chi connectivity index (χ2v) is 2.82. The van der Waals surface area contributed by atoms with Gasteiger partial charge in [0.05, 0.1) is 6.10 Å². The van der Waals surface area contributed by atoms with E-state index in [1.807, 2.05) is 0 Å². The van der Waals surface area contributed by atoms with Crippen molar-refractivity contribution in [3.05, 3.63) is 23.8 Å². The van der Waals surface area contributed by atoms with Crippen molar-refractivity contribution in [2.75, 3.05) is 13.6 Å². The van der Waals surface area contributed by atoms with Gasteiger partial charge in [0.1, 0.15) is 0 Å². The SMILES string of the molecule is CNC[C@H](O)c1ccc(O)c(O)c1.[KH]. The third kappa shape index (κ3) is 3.86. The molecule has 1 aromatic rings. The van der Waals surface area contributed by atoms with Gasteiger partial charge in [-0.3, -0.25) is 0 Å².